The summed E-state index contributed by atoms with van der Waals surface area (Å²) < 4.78 is 19.2. The summed E-state index contributed by atoms with van der Waals surface area (Å²) in [6.45, 7) is 1.00. The van der Waals surface area contributed by atoms with Crippen molar-refractivity contribution < 1.29 is 19.0 Å². The molecule has 5 nitrogen and oxygen atoms in total. The second-order valence-electron chi connectivity index (χ2n) is 10.8. The van der Waals surface area contributed by atoms with Crippen molar-refractivity contribution in [3.8, 4) is 11.5 Å². The molecule has 2 aromatic carbocycles. The van der Waals surface area contributed by atoms with Gasteiger partial charge in [-0.15, -0.1) is 0 Å². The Morgan fingerprint density at radius 1 is 1.09 bits per heavy atom. The van der Waals surface area contributed by atoms with Gasteiger partial charge in [-0.25, -0.2) is 0 Å². The van der Waals surface area contributed by atoms with Crippen LogP contribution in [0.15, 0.2) is 48.6 Å². The Labute approximate surface area is 193 Å². The molecule has 168 valence electrons. The predicted molar refractivity (Wildman–Crippen MR) is 122 cm³/mol. The SMILES string of the molecule is COc1ccc2c3c1O[C@H]1[C@]4(OC)C=C[C@@]5([C@@H]6c7ccccc7C(=O)[C@@H]64)[C@@H](C2)N(C)CC[C@]315. The van der Waals surface area contributed by atoms with Crippen LogP contribution in [0.25, 0.3) is 0 Å². The summed E-state index contributed by atoms with van der Waals surface area (Å²) in [6, 6.07) is 12.8. The Morgan fingerprint density at radius 3 is 2.76 bits per heavy atom. The van der Waals surface area contributed by atoms with E-state index >= 15 is 0 Å². The molecule has 2 fully saturated rings. The van der Waals surface area contributed by atoms with E-state index in [4.69, 9.17) is 14.2 Å². The van der Waals surface area contributed by atoms with Crippen LogP contribution in [0.5, 0.6) is 11.5 Å². The Kier molecular flexibility index (Phi) is 3.14. The fourth-order valence-electron chi connectivity index (χ4n) is 9.25. The fraction of sp³-hybridized carbons (Fsp3) is 0.464. The number of benzene rings is 2. The number of fused-ring (bicyclic) bond motifs is 1. The second-order valence-corrected chi connectivity index (χ2v) is 10.8. The molecule has 4 bridgehead atoms. The van der Waals surface area contributed by atoms with Gasteiger partial charge in [0.05, 0.1) is 18.4 Å². The molecule has 2 aliphatic heterocycles. The van der Waals surface area contributed by atoms with Crippen molar-refractivity contribution in [2.45, 2.75) is 41.9 Å². The number of carbonyl (C=O) groups is 1. The van der Waals surface area contributed by atoms with Crippen molar-refractivity contribution in [3.05, 3.63) is 70.8 Å². The number of ketones is 1. The first kappa shape index (κ1) is 18.8. The topological polar surface area (TPSA) is 48.0 Å². The van der Waals surface area contributed by atoms with Gasteiger partial charge in [0.2, 0.25) is 0 Å². The van der Waals surface area contributed by atoms with Crippen molar-refractivity contribution in [3.63, 3.8) is 0 Å². The Morgan fingerprint density at radius 2 is 1.94 bits per heavy atom. The first-order chi connectivity index (χ1) is 16.0. The number of methoxy groups -OCH3 is 2. The standard InChI is InChI=1S/C28H27NO4/c1-29-13-12-27-20-15-8-9-18(31-2)24(20)33-25(27)28(32-3)11-10-26(27,19(29)14-15)21-16-6-4-5-7-17(16)23(30)22(21)28/h4-11,19,21-22,25H,12-14H2,1-3H3/t19-,21-,22-,25-,26+,27+,28+/m1/s1. The fourth-order valence-corrected chi connectivity index (χ4v) is 9.25. The van der Waals surface area contributed by atoms with Gasteiger partial charge in [-0.2, -0.15) is 0 Å². The van der Waals surface area contributed by atoms with E-state index in [-0.39, 0.29) is 34.6 Å². The van der Waals surface area contributed by atoms with Crippen molar-refractivity contribution in [1.29, 1.82) is 0 Å². The van der Waals surface area contributed by atoms with Crippen molar-refractivity contribution in [2.24, 2.45) is 11.3 Å². The minimum atomic E-state index is -0.804. The first-order valence-electron chi connectivity index (χ1n) is 12.0. The van der Waals surface area contributed by atoms with E-state index in [0.717, 1.165) is 36.4 Å². The minimum Gasteiger partial charge on any atom is -0.493 e. The van der Waals surface area contributed by atoms with E-state index in [1.807, 2.05) is 18.2 Å². The Bertz CT molecular complexity index is 1300. The lowest BCUT2D eigenvalue weighted by atomic mass is 9.34. The number of ether oxygens (including phenoxy) is 3. The quantitative estimate of drug-likeness (QED) is 0.668. The molecular weight excluding hydrogens is 414 g/mol. The maximum absolute atomic E-state index is 14.0. The summed E-state index contributed by atoms with van der Waals surface area (Å²) in [4.78, 5) is 16.6. The van der Waals surface area contributed by atoms with Gasteiger partial charge in [-0.1, -0.05) is 42.5 Å². The Balaban J connectivity index is 1.54. The lowest BCUT2D eigenvalue weighted by Gasteiger charge is -2.72. The molecule has 7 aliphatic rings. The van der Waals surface area contributed by atoms with Crippen molar-refractivity contribution in [1.82, 2.24) is 4.90 Å². The van der Waals surface area contributed by atoms with Crippen LogP contribution in [0.3, 0.4) is 0 Å². The van der Waals surface area contributed by atoms with E-state index < -0.39 is 5.60 Å². The highest BCUT2D eigenvalue weighted by Crippen LogP contribution is 2.79. The summed E-state index contributed by atoms with van der Waals surface area (Å²) in [7, 11) is 5.72. The zero-order valence-electron chi connectivity index (χ0n) is 19.1. The molecule has 5 aliphatic carbocycles. The largest absolute Gasteiger partial charge is 0.493 e. The molecule has 0 radical (unpaired) electrons. The summed E-state index contributed by atoms with van der Waals surface area (Å²) >= 11 is 0. The molecular formula is C28H27NO4. The van der Waals surface area contributed by atoms with Crippen LogP contribution in [0.4, 0.5) is 0 Å². The van der Waals surface area contributed by atoms with Crippen LogP contribution in [0.2, 0.25) is 0 Å². The number of rotatable bonds is 2. The molecule has 5 heteroatoms. The zero-order valence-corrected chi connectivity index (χ0v) is 19.1. The van der Waals surface area contributed by atoms with Gasteiger partial charge in [-0.3, -0.25) is 4.79 Å². The van der Waals surface area contributed by atoms with Crippen LogP contribution < -0.4 is 9.47 Å². The molecule has 0 unspecified atom stereocenters. The number of likely N-dealkylation sites (tertiary alicyclic amines) is 1. The van der Waals surface area contributed by atoms with E-state index in [0.29, 0.717) is 6.04 Å². The molecule has 9 rings (SSSR count). The van der Waals surface area contributed by atoms with Gasteiger partial charge in [0.25, 0.3) is 0 Å². The molecule has 0 aromatic heterocycles. The molecule has 2 heterocycles. The van der Waals surface area contributed by atoms with Crippen molar-refractivity contribution in [2.75, 3.05) is 27.8 Å². The summed E-state index contributed by atoms with van der Waals surface area (Å²) in [5.74, 6) is 1.66. The third-order valence-electron chi connectivity index (χ3n) is 10.2. The van der Waals surface area contributed by atoms with Crippen molar-refractivity contribution >= 4 is 5.78 Å². The van der Waals surface area contributed by atoms with Crippen LogP contribution in [-0.2, 0) is 16.6 Å². The third-order valence-corrected chi connectivity index (χ3v) is 10.2. The lowest BCUT2D eigenvalue weighted by molar-refractivity contribution is -0.212. The number of nitrogens with zero attached hydrogens (tertiary/aromatic N) is 1. The summed E-state index contributed by atoms with van der Waals surface area (Å²) in [6.07, 6.45) is 6.33. The lowest BCUT2D eigenvalue weighted by Crippen LogP contribution is -2.81. The Hall–Kier alpha value is -2.63. The average molecular weight is 442 g/mol. The number of likely N-dealkylation sites (N-methyl/N-ethyl adjacent to an activating group) is 1. The molecule has 0 amide bonds. The molecule has 0 N–H and O–H groups in total. The third kappa shape index (κ3) is 1.62. The molecule has 1 saturated carbocycles. The van der Waals surface area contributed by atoms with Gasteiger partial charge in [0.15, 0.2) is 17.3 Å². The molecule has 33 heavy (non-hydrogen) atoms. The van der Waals surface area contributed by atoms with E-state index in [1.165, 1.54) is 16.7 Å². The van der Waals surface area contributed by atoms with Gasteiger partial charge < -0.3 is 19.1 Å². The monoisotopic (exact) mass is 441 g/mol. The highest BCUT2D eigenvalue weighted by atomic mass is 16.6. The van der Waals surface area contributed by atoms with E-state index in [1.54, 1.807) is 14.2 Å². The number of piperidine rings is 1. The maximum atomic E-state index is 14.0. The smallest absolute Gasteiger partial charge is 0.170 e. The molecule has 2 aromatic rings. The van der Waals surface area contributed by atoms with Gasteiger partial charge >= 0.3 is 0 Å². The zero-order chi connectivity index (χ0) is 22.3. The van der Waals surface area contributed by atoms with E-state index in [9.17, 15) is 4.79 Å². The first-order valence-corrected chi connectivity index (χ1v) is 12.0. The van der Waals surface area contributed by atoms with Crippen LogP contribution in [0.1, 0.15) is 39.4 Å². The number of hydrogen-bond acceptors (Lipinski definition) is 5. The average Bonchev–Trinajstić information content (AvgIpc) is 3.37. The van der Waals surface area contributed by atoms with Crippen LogP contribution in [0, 0.1) is 11.3 Å². The van der Waals surface area contributed by atoms with Gasteiger partial charge in [0, 0.05) is 35.6 Å². The predicted octanol–water partition coefficient (Wildman–Crippen LogP) is 3.51. The highest BCUT2D eigenvalue weighted by Gasteiger charge is 2.84. The maximum Gasteiger partial charge on any atom is 0.170 e. The number of carbonyl (C=O) groups excluding carboxylic acids is 1. The molecule has 1 saturated heterocycles. The summed E-state index contributed by atoms with van der Waals surface area (Å²) in [5, 5.41) is 0. The molecule has 7 atom stereocenters. The van der Waals surface area contributed by atoms with Gasteiger partial charge in [-0.05, 0) is 43.6 Å². The minimum absolute atomic E-state index is 0.0732. The number of hydrogen-bond donors (Lipinski definition) is 0. The summed E-state index contributed by atoms with van der Waals surface area (Å²) in [5.41, 5.74) is 3.45. The highest BCUT2D eigenvalue weighted by molar-refractivity contribution is 6.05. The van der Waals surface area contributed by atoms with Gasteiger partial charge in [0.1, 0.15) is 11.7 Å². The van der Waals surface area contributed by atoms with E-state index in [2.05, 4.69) is 42.3 Å². The van der Waals surface area contributed by atoms with Crippen LogP contribution >= 0.6 is 0 Å². The van der Waals surface area contributed by atoms with Crippen LogP contribution in [-0.4, -0.2) is 56.2 Å². The second kappa shape index (κ2) is 5.53. The molecule has 2 spiro atoms. The number of Topliss-reactive ketones (excluding diaryl/α,β-unsaturated/α-hetero) is 1. The normalized spacial score (nSPS) is 42.6.